The summed E-state index contributed by atoms with van der Waals surface area (Å²) in [6, 6.07) is 0. The maximum Gasteiger partial charge on any atom is 0.408 e. The van der Waals surface area contributed by atoms with E-state index in [1.807, 2.05) is 34.6 Å². The van der Waals surface area contributed by atoms with Gasteiger partial charge in [-0.3, -0.25) is 0 Å². The quantitative estimate of drug-likeness (QED) is 0.650. The fraction of sp³-hybridized carbons (Fsp3) is 0.913. The Labute approximate surface area is 166 Å². The Morgan fingerprint density at radius 3 is 2.33 bits per heavy atom. The lowest BCUT2D eigenvalue weighted by molar-refractivity contribution is -0.110. The molecule has 3 aliphatic rings. The Kier molecular flexibility index (Phi) is 6.38. The van der Waals surface area contributed by atoms with E-state index in [-0.39, 0.29) is 6.09 Å². The minimum absolute atomic E-state index is 0.373. The fourth-order valence-electron chi connectivity index (χ4n) is 6.29. The van der Waals surface area contributed by atoms with Crippen molar-refractivity contribution in [1.29, 1.82) is 0 Å². The second kappa shape index (κ2) is 7.75. The van der Waals surface area contributed by atoms with Crippen LogP contribution in [0.3, 0.4) is 0 Å². The summed E-state index contributed by atoms with van der Waals surface area (Å²) in [5, 5.41) is 3.20. The van der Waals surface area contributed by atoms with Crippen molar-refractivity contribution in [1.82, 2.24) is 5.32 Å². The van der Waals surface area contributed by atoms with Gasteiger partial charge in [-0.2, -0.15) is 0 Å². The summed E-state index contributed by atoms with van der Waals surface area (Å²) < 4.78 is 5.54. The number of amides is 1. The van der Waals surface area contributed by atoms with E-state index in [2.05, 4.69) is 26.1 Å². The molecule has 0 aromatic rings. The first-order valence-electron chi connectivity index (χ1n) is 11.0. The van der Waals surface area contributed by atoms with E-state index in [4.69, 9.17) is 4.74 Å². The molecule has 3 saturated carbocycles. The highest BCUT2D eigenvalue weighted by Crippen LogP contribution is 2.71. The van der Waals surface area contributed by atoms with Crippen molar-refractivity contribution in [3.63, 3.8) is 0 Å². The zero-order valence-corrected chi connectivity index (χ0v) is 18.7. The van der Waals surface area contributed by atoms with Crippen molar-refractivity contribution >= 4 is 12.4 Å². The molecule has 3 aliphatic carbocycles. The first-order chi connectivity index (χ1) is 12.5. The normalized spacial score (nSPS) is 39.0. The summed E-state index contributed by atoms with van der Waals surface area (Å²) >= 11 is 0. The monoisotopic (exact) mass is 379 g/mol. The van der Waals surface area contributed by atoms with Crippen LogP contribution in [-0.2, 0) is 9.53 Å². The van der Waals surface area contributed by atoms with Crippen LogP contribution in [0.2, 0.25) is 0 Å². The summed E-state index contributed by atoms with van der Waals surface area (Å²) in [7, 11) is 0. The molecule has 4 nitrogen and oxygen atoms in total. The topological polar surface area (TPSA) is 55.4 Å². The van der Waals surface area contributed by atoms with Gasteiger partial charge in [0.25, 0.3) is 0 Å². The second-order valence-corrected chi connectivity index (χ2v) is 10.4. The zero-order chi connectivity index (χ0) is 20.6. The van der Waals surface area contributed by atoms with Crippen molar-refractivity contribution < 1.29 is 14.3 Å². The number of fused-ring (bicyclic) bond motifs is 3. The van der Waals surface area contributed by atoms with E-state index in [9.17, 15) is 9.59 Å². The van der Waals surface area contributed by atoms with Gasteiger partial charge in [-0.05, 0) is 75.0 Å². The second-order valence-electron chi connectivity index (χ2n) is 10.4. The minimum atomic E-state index is -0.524. The average molecular weight is 380 g/mol. The van der Waals surface area contributed by atoms with Gasteiger partial charge in [-0.15, -0.1) is 0 Å². The maximum absolute atomic E-state index is 12.6. The van der Waals surface area contributed by atoms with Gasteiger partial charge in [0.2, 0.25) is 0 Å². The third kappa shape index (κ3) is 4.19. The Balaban J connectivity index is 0.00000126. The first-order valence-corrected chi connectivity index (χ1v) is 11.0. The zero-order valence-electron chi connectivity index (χ0n) is 18.7. The summed E-state index contributed by atoms with van der Waals surface area (Å²) in [6.45, 7) is 16.8. The predicted molar refractivity (Wildman–Crippen MR) is 110 cm³/mol. The number of rotatable bonds is 3. The lowest BCUT2D eigenvalue weighted by atomic mass is 9.70. The van der Waals surface area contributed by atoms with Gasteiger partial charge in [-0.25, -0.2) is 4.79 Å². The number of carbonyl (C=O) groups is 2. The Morgan fingerprint density at radius 1 is 1.15 bits per heavy atom. The molecule has 0 aromatic heterocycles. The Bertz CT molecular complexity index is 550. The molecule has 0 radical (unpaired) electrons. The molecule has 0 saturated heterocycles. The smallest absolute Gasteiger partial charge is 0.408 e. The molecular formula is C23H41NO3. The van der Waals surface area contributed by atoms with Gasteiger partial charge in [-0.1, -0.05) is 41.0 Å². The summed E-state index contributed by atoms with van der Waals surface area (Å²) in [5.41, 5.74) is -0.534. The number of aldehydes is 1. The van der Waals surface area contributed by atoms with Crippen LogP contribution in [0.25, 0.3) is 0 Å². The molecule has 4 heteroatoms. The van der Waals surface area contributed by atoms with Crippen LogP contribution < -0.4 is 5.32 Å². The Morgan fingerprint density at radius 2 is 1.78 bits per heavy atom. The SMILES string of the molecule is CC.C[C@H]1CCC2C1C1C(CCC2(CC=O)NC(=O)OC(C)(C)C)C1(C)C. The molecule has 5 unspecified atom stereocenters. The molecule has 3 rings (SSSR count). The molecule has 1 amide bonds. The van der Waals surface area contributed by atoms with Crippen molar-refractivity contribution in [2.24, 2.45) is 35.0 Å². The molecular weight excluding hydrogens is 338 g/mol. The molecule has 156 valence electrons. The molecule has 0 aromatic carbocycles. The van der Waals surface area contributed by atoms with E-state index in [0.717, 1.165) is 37.4 Å². The molecule has 27 heavy (non-hydrogen) atoms. The van der Waals surface area contributed by atoms with Crippen LogP contribution in [0.4, 0.5) is 4.79 Å². The van der Waals surface area contributed by atoms with Gasteiger partial charge >= 0.3 is 6.09 Å². The highest BCUT2D eigenvalue weighted by Gasteiger charge is 2.67. The number of hydrogen-bond acceptors (Lipinski definition) is 3. The van der Waals surface area contributed by atoms with E-state index < -0.39 is 11.1 Å². The van der Waals surface area contributed by atoms with E-state index in [1.54, 1.807) is 0 Å². The lowest BCUT2D eigenvalue weighted by Crippen LogP contribution is -2.56. The van der Waals surface area contributed by atoms with Gasteiger partial charge in [0.1, 0.15) is 11.9 Å². The van der Waals surface area contributed by atoms with Gasteiger partial charge in [0.05, 0.1) is 5.54 Å². The molecule has 0 spiro atoms. The molecule has 0 aliphatic heterocycles. The molecule has 6 atom stereocenters. The number of alkyl carbamates (subject to hydrolysis) is 1. The summed E-state index contributed by atoms with van der Waals surface area (Å²) in [5.74, 6) is 3.14. The predicted octanol–water partition coefficient (Wildman–Crippen LogP) is 5.59. The maximum atomic E-state index is 12.6. The number of carbonyl (C=O) groups excluding carboxylic acids is 2. The molecule has 1 N–H and O–H groups in total. The van der Waals surface area contributed by atoms with Crippen LogP contribution in [-0.4, -0.2) is 23.5 Å². The minimum Gasteiger partial charge on any atom is -0.444 e. The largest absolute Gasteiger partial charge is 0.444 e. The molecule has 0 bridgehead atoms. The van der Waals surface area contributed by atoms with Gasteiger partial charge in [0, 0.05) is 6.42 Å². The highest BCUT2D eigenvalue weighted by molar-refractivity contribution is 5.70. The van der Waals surface area contributed by atoms with Crippen LogP contribution in [0.1, 0.15) is 87.5 Å². The van der Waals surface area contributed by atoms with Gasteiger partial charge < -0.3 is 14.8 Å². The van der Waals surface area contributed by atoms with Crippen molar-refractivity contribution in [2.75, 3.05) is 0 Å². The highest BCUT2D eigenvalue weighted by atomic mass is 16.6. The summed E-state index contributed by atoms with van der Waals surface area (Å²) in [6.07, 6.45) is 5.33. The number of hydrogen-bond donors (Lipinski definition) is 1. The van der Waals surface area contributed by atoms with Crippen molar-refractivity contribution in [2.45, 2.75) is 98.6 Å². The first kappa shape index (κ1) is 22.2. The standard InChI is InChI=1S/C21H35NO3.C2H6/c1-13-7-8-14-16(13)17-15(20(17,5)6)9-10-21(14,11-12-23)22-18(24)25-19(2,3)4;1-2/h12-17H,7-11H2,1-6H3,(H,22,24);1-2H3/t13-,14?,15?,16?,17?,21?;/m0./s1. The van der Waals surface area contributed by atoms with E-state index in [1.165, 1.54) is 6.42 Å². The van der Waals surface area contributed by atoms with Crippen molar-refractivity contribution in [3.8, 4) is 0 Å². The van der Waals surface area contributed by atoms with Crippen molar-refractivity contribution in [3.05, 3.63) is 0 Å². The third-order valence-electron chi connectivity index (χ3n) is 7.42. The lowest BCUT2D eigenvalue weighted by Gasteiger charge is -2.42. The van der Waals surface area contributed by atoms with E-state index >= 15 is 0 Å². The molecule has 3 fully saturated rings. The number of ether oxygens (including phenoxy) is 1. The van der Waals surface area contributed by atoms with Crippen LogP contribution in [0, 0.1) is 35.0 Å². The Hall–Kier alpha value is -1.06. The van der Waals surface area contributed by atoms with Crippen LogP contribution in [0.5, 0.6) is 0 Å². The summed E-state index contributed by atoms with van der Waals surface area (Å²) in [4.78, 5) is 24.1. The van der Waals surface area contributed by atoms with Gasteiger partial charge in [0.15, 0.2) is 0 Å². The third-order valence-corrected chi connectivity index (χ3v) is 7.42. The van der Waals surface area contributed by atoms with E-state index in [0.29, 0.717) is 29.6 Å². The van der Waals surface area contributed by atoms with Crippen LogP contribution in [0.15, 0.2) is 0 Å². The molecule has 0 heterocycles. The average Bonchev–Trinajstić information content (AvgIpc) is 2.93. The number of nitrogens with one attached hydrogen (secondary N) is 1. The van der Waals surface area contributed by atoms with Crippen LogP contribution >= 0.6 is 0 Å². The fourth-order valence-corrected chi connectivity index (χ4v) is 6.29.